The van der Waals surface area contributed by atoms with Crippen LogP contribution in [0, 0.1) is 50.7 Å². The van der Waals surface area contributed by atoms with E-state index in [1.807, 2.05) is 13.8 Å². The van der Waals surface area contributed by atoms with Crippen LogP contribution in [0.15, 0.2) is 11.6 Å². The molecule has 0 amide bonds. The predicted octanol–water partition coefficient (Wildman–Crippen LogP) is 6.43. The van der Waals surface area contributed by atoms with Crippen LogP contribution in [0.1, 0.15) is 148 Å². The van der Waals surface area contributed by atoms with Gasteiger partial charge in [-0.1, -0.05) is 46.3 Å². The maximum Gasteiger partial charge on any atom is 0.315 e. The molecule has 0 aromatic heterocycles. The Morgan fingerprint density at radius 1 is 0.612 bits per heavy atom. The van der Waals surface area contributed by atoms with E-state index in [1.165, 1.54) is 27.7 Å². The summed E-state index contributed by atoms with van der Waals surface area (Å²) in [5, 5.41) is 0. The van der Waals surface area contributed by atoms with Crippen molar-refractivity contribution in [1.29, 1.82) is 0 Å². The van der Waals surface area contributed by atoms with Gasteiger partial charge >= 0.3 is 47.8 Å². The van der Waals surface area contributed by atoms with E-state index in [2.05, 4.69) is 33.8 Å². The molecule has 5 fully saturated rings. The van der Waals surface area contributed by atoms with Crippen molar-refractivity contribution < 1.29 is 81.0 Å². The second kappa shape index (κ2) is 18.8. The van der Waals surface area contributed by atoms with Crippen LogP contribution in [0.25, 0.3) is 0 Å². The molecule has 0 spiro atoms. The van der Waals surface area contributed by atoms with E-state index >= 15 is 4.79 Å². The summed E-state index contributed by atoms with van der Waals surface area (Å²) in [6, 6.07) is 0. The van der Waals surface area contributed by atoms with Gasteiger partial charge < -0.3 is 42.6 Å². The largest absolute Gasteiger partial charge is 0.465 e. The summed E-state index contributed by atoms with van der Waals surface area (Å²) >= 11 is 0. The second-order valence-corrected chi connectivity index (χ2v) is 21.5. The van der Waals surface area contributed by atoms with Gasteiger partial charge in [0.2, 0.25) is 12.4 Å². The molecule has 1 heterocycles. The lowest BCUT2D eigenvalue weighted by molar-refractivity contribution is -0.306. The molecular formula is C50H72O17. The number of carbonyl (C=O) groups is 8. The zero-order chi connectivity index (χ0) is 49.8. The van der Waals surface area contributed by atoms with Crippen molar-refractivity contribution in [2.75, 3.05) is 13.2 Å². The molecule has 6 rings (SSSR count). The number of allylic oxidation sites excluding steroid dienone is 1. The zero-order valence-corrected chi connectivity index (χ0v) is 41.6. The standard InChI is InChI=1S/C50H72O17/c1-26-16-21-50(44(58)66-43-41(64-32(7)56)40(63-31(6)55)39(62-30(5)54)35(65-43)24-59-27(2)51)23-22-47(11)34(42(50)49(26,13)67-33(8)57)14-15-37-45(9)19-18-38(61-29(4)53)46(10,25-60-28(3)52)36(45)17-20-48(37,47)12/h14,26,35-43H,15-25H2,1-13H3/t26?,35-,36?,37?,38-,39-,40+,41-,42?,43+,45-,46-,47+,48+,49-,50?/m0/s1. The first-order valence-corrected chi connectivity index (χ1v) is 23.8. The number of rotatable bonds is 11. The Hall–Kier alpha value is -4.54. The molecule has 17 nitrogen and oxygen atoms in total. The molecular weight excluding hydrogens is 873 g/mol. The van der Waals surface area contributed by atoms with Gasteiger partial charge in [0.15, 0.2) is 12.2 Å². The Balaban J connectivity index is 1.45. The van der Waals surface area contributed by atoms with Crippen LogP contribution in [0.2, 0.25) is 0 Å². The minimum atomic E-state index is -1.74. The summed E-state index contributed by atoms with van der Waals surface area (Å²) in [6.45, 7) is 21.3. The second-order valence-electron chi connectivity index (χ2n) is 21.5. The van der Waals surface area contributed by atoms with Crippen molar-refractivity contribution in [2.45, 2.75) is 190 Å². The third kappa shape index (κ3) is 9.11. The topological polar surface area (TPSA) is 220 Å². The molecule has 67 heavy (non-hydrogen) atoms. The predicted molar refractivity (Wildman–Crippen MR) is 235 cm³/mol. The van der Waals surface area contributed by atoms with E-state index in [4.69, 9.17) is 42.6 Å². The normalized spacial score (nSPS) is 42.0. The number of ether oxygens (including phenoxy) is 9. The summed E-state index contributed by atoms with van der Waals surface area (Å²) in [5.41, 5.74) is -3.29. The van der Waals surface area contributed by atoms with E-state index in [9.17, 15) is 33.6 Å². The fourth-order valence-corrected chi connectivity index (χ4v) is 14.4. The number of fused-ring (bicyclic) bond motifs is 7. The Kier molecular flexibility index (Phi) is 14.5. The first-order valence-electron chi connectivity index (χ1n) is 23.8. The van der Waals surface area contributed by atoms with Crippen LogP contribution in [-0.4, -0.2) is 103 Å². The van der Waals surface area contributed by atoms with Crippen molar-refractivity contribution in [3.63, 3.8) is 0 Å². The van der Waals surface area contributed by atoms with Gasteiger partial charge in [0.05, 0.1) is 5.41 Å². The molecule has 0 radical (unpaired) electrons. The molecule has 0 aromatic carbocycles. The lowest BCUT2D eigenvalue weighted by atomic mass is 9.33. The van der Waals surface area contributed by atoms with Gasteiger partial charge in [0, 0.05) is 59.8 Å². The van der Waals surface area contributed by atoms with E-state index < -0.39 is 113 Å². The van der Waals surface area contributed by atoms with Crippen LogP contribution >= 0.6 is 0 Å². The minimum absolute atomic E-state index is 0.0364. The monoisotopic (exact) mass is 944 g/mol. The lowest BCUT2D eigenvalue weighted by Crippen LogP contribution is -2.69. The maximum atomic E-state index is 15.6. The van der Waals surface area contributed by atoms with Crippen molar-refractivity contribution in [3.8, 4) is 0 Å². The fourth-order valence-electron chi connectivity index (χ4n) is 14.4. The lowest BCUT2D eigenvalue weighted by Gasteiger charge is -2.72. The number of hydrogen-bond donors (Lipinski definition) is 0. The van der Waals surface area contributed by atoms with E-state index in [0.717, 1.165) is 45.6 Å². The van der Waals surface area contributed by atoms with Gasteiger partial charge in [0.1, 0.15) is 31.0 Å². The van der Waals surface area contributed by atoms with E-state index in [-0.39, 0.29) is 41.2 Å². The summed E-state index contributed by atoms with van der Waals surface area (Å²) in [5.74, 6) is -5.88. The fraction of sp³-hybridized carbons (Fsp3) is 0.800. The Morgan fingerprint density at radius 2 is 1.21 bits per heavy atom. The van der Waals surface area contributed by atoms with Gasteiger partial charge in [-0.25, -0.2) is 0 Å². The molecule has 0 aromatic rings. The minimum Gasteiger partial charge on any atom is -0.465 e. The molecule has 6 aliphatic rings. The van der Waals surface area contributed by atoms with Gasteiger partial charge in [0.25, 0.3) is 0 Å². The van der Waals surface area contributed by atoms with Crippen molar-refractivity contribution in [3.05, 3.63) is 11.6 Å². The molecule has 4 saturated carbocycles. The summed E-state index contributed by atoms with van der Waals surface area (Å²) < 4.78 is 53.0. The van der Waals surface area contributed by atoms with Gasteiger partial charge in [-0.15, -0.1) is 0 Å². The summed E-state index contributed by atoms with van der Waals surface area (Å²) in [6.07, 6.45) is -0.586. The van der Waals surface area contributed by atoms with Gasteiger partial charge in [-0.3, -0.25) is 38.4 Å². The van der Waals surface area contributed by atoms with Crippen LogP contribution in [-0.2, 0) is 81.0 Å². The number of hydrogen-bond acceptors (Lipinski definition) is 17. The van der Waals surface area contributed by atoms with E-state index in [1.54, 1.807) is 0 Å². The number of carbonyl (C=O) groups excluding carboxylic acids is 8. The molecule has 374 valence electrons. The average Bonchev–Trinajstić information content (AvgIpc) is 3.20. The molecule has 0 N–H and O–H groups in total. The molecule has 1 saturated heterocycles. The molecule has 16 atom stereocenters. The quantitative estimate of drug-likeness (QED) is 0.124. The van der Waals surface area contributed by atoms with Crippen LogP contribution in [0.5, 0.6) is 0 Å². The molecule has 1 aliphatic heterocycles. The summed E-state index contributed by atoms with van der Waals surface area (Å²) in [7, 11) is 0. The van der Waals surface area contributed by atoms with Crippen LogP contribution in [0.3, 0.4) is 0 Å². The first-order chi connectivity index (χ1) is 31.1. The van der Waals surface area contributed by atoms with Gasteiger partial charge in [-0.05, 0) is 98.7 Å². The van der Waals surface area contributed by atoms with Crippen molar-refractivity contribution in [1.82, 2.24) is 0 Å². The molecule has 5 aliphatic carbocycles. The maximum absolute atomic E-state index is 15.6. The summed E-state index contributed by atoms with van der Waals surface area (Å²) in [4.78, 5) is 103. The third-order valence-corrected chi connectivity index (χ3v) is 17.6. The third-order valence-electron chi connectivity index (χ3n) is 17.6. The SMILES string of the molecule is CC(=O)OC[C@@H]1O[C@H](OC(=O)C23CCC(C)[C@](C)(OC(C)=O)C2C2=CCC4[C@@]5(C)CC[C@H](OC(C)=O)[C@@](C)(COC(C)=O)C5CC[C@@]4(C)[C@]2(C)CC3)[C@@H](OC(C)=O)[C@H](OC(C)=O)[C@H]1OC(C)=O. The Morgan fingerprint density at radius 3 is 1.79 bits per heavy atom. The number of esters is 8. The highest BCUT2D eigenvalue weighted by Crippen LogP contribution is 2.76. The van der Waals surface area contributed by atoms with E-state index in [0.29, 0.717) is 38.5 Å². The van der Waals surface area contributed by atoms with Crippen LogP contribution in [0.4, 0.5) is 0 Å². The Labute approximate surface area is 393 Å². The highest BCUT2D eigenvalue weighted by molar-refractivity contribution is 5.80. The first kappa shape index (κ1) is 51.8. The molecule has 17 heteroatoms. The molecule has 5 unspecified atom stereocenters. The highest BCUT2D eigenvalue weighted by Gasteiger charge is 2.73. The highest BCUT2D eigenvalue weighted by atomic mass is 16.7. The van der Waals surface area contributed by atoms with Crippen molar-refractivity contribution in [2.24, 2.45) is 50.7 Å². The van der Waals surface area contributed by atoms with Gasteiger partial charge in [-0.2, -0.15) is 0 Å². The van der Waals surface area contributed by atoms with Crippen LogP contribution < -0.4 is 0 Å². The van der Waals surface area contributed by atoms with Crippen molar-refractivity contribution >= 4 is 47.8 Å². The molecule has 0 bridgehead atoms. The zero-order valence-electron chi connectivity index (χ0n) is 41.6. The smallest absolute Gasteiger partial charge is 0.315 e. The average molecular weight is 945 g/mol. The Bertz CT molecular complexity index is 2050.